The lowest BCUT2D eigenvalue weighted by Crippen LogP contribution is -2.36. The average molecular weight is 777 g/mol. The van der Waals surface area contributed by atoms with E-state index >= 15 is 0 Å². The number of alkyl halides is 3. The number of nitrogens with zero attached hydrogens (tertiary/aromatic N) is 1. The number of ether oxygens (including phenoxy) is 1. The van der Waals surface area contributed by atoms with Crippen molar-refractivity contribution >= 4 is 28.8 Å². The van der Waals surface area contributed by atoms with Gasteiger partial charge in [0.05, 0.1) is 17.7 Å². The van der Waals surface area contributed by atoms with Crippen molar-refractivity contribution in [1.82, 2.24) is 4.90 Å². The Morgan fingerprint density at radius 1 is 0.907 bits per heavy atom. The first-order chi connectivity index (χ1) is 25.6. The summed E-state index contributed by atoms with van der Waals surface area (Å²) in [7, 11) is 0. The molecule has 306 valence electrons. The third kappa shape index (κ3) is 21.5. The largest absolute Gasteiger partial charge is 0.416 e. The smallest absolute Gasteiger partial charge is 0.381 e. The highest BCUT2D eigenvalue weighted by Gasteiger charge is 2.32. The highest BCUT2D eigenvalue weighted by atomic mass is 32.1. The van der Waals surface area contributed by atoms with Crippen molar-refractivity contribution in [3.63, 3.8) is 0 Å². The lowest BCUT2D eigenvalue weighted by Gasteiger charge is -2.27. The van der Waals surface area contributed by atoms with Crippen molar-refractivity contribution < 1.29 is 27.5 Å². The van der Waals surface area contributed by atoms with Crippen LogP contribution in [0, 0.1) is 0 Å². The second-order valence-corrected chi connectivity index (χ2v) is 13.9. The summed E-state index contributed by atoms with van der Waals surface area (Å²) in [5.41, 5.74) is 4.69. The van der Waals surface area contributed by atoms with E-state index in [1.165, 1.54) is 35.3 Å². The summed E-state index contributed by atoms with van der Waals surface area (Å²) >= 11 is 1.39. The Balaban J connectivity index is 0. The van der Waals surface area contributed by atoms with Crippen LogP contribution in [0.3, 0.4) is 0 Å². The Bertz CT molecular complexity index is 1460. The topological polar surface area (TPSA) is 58.6 Å². The fraction of sp³-hybridized carbons (Fsp3) is 0.556. The summed E-state index contributed by atoms with van der Waals surface area (Å²) in [6.45, 7) is 29.4. The predicted molar refractivity (Wildman–Crippen MR) is 228 cm³/mol. The van der Waals surface area contributed by atoms with Crippen LogP contribution in [-0.2, 0) is 35.1 Å². The van der Waals surface area contributed by atoms with Gasteiger partial charge in [0.1, 0.15) is 0 Å². The van der Waals surface area contributed by atoms with E-state index in [0.29, 0.717) is 42.6 Å². The van der Waals surface area contributed by atoms with Gasteiger partial charge < -0.3 is 15.0 Å². The molecule has 5 nitrogen and oxygen atoms in total. The van der Waals surface area contributed by atoms with Crippen LogP contribution in [0.2, 0.25) is 0 Å². The van der Waals surface area contributed by atoms with Gasteiger partial charge in [-0.2, -0.15) is 13.2 Å². The molecule has 0 unspecified atom stereocenters. The van der Waals surface area contributed by atoms with Crippen molar-refractivity contribution in [2.24, 2.45) is 0 Å². The standard InChI is InChI=1S/C22H23F3N2O2S.C11H18.C6H14O.2C3H8/c1-4-13(3)21(29)27-7-6-17-18(12-30-19(17)11-27)20(28)26-16-9-14(5-2)8-15(10-16)22(23,24)25;1-5-7-8-9-11(4)10(3)6-2;1-3-5-7-6-4-2;2*1-3-2/h4,8-10,12H,5-7,11H2,1-3H3,(H,26,28);5,7-9H,6H2,1-4H3;3-6H2,1-2H3;2*3H2,1-2H3/b13-4+;7-5-,9-8-,11-10?;;;. The highest BCUT2D eigenvalue weighted by Crippen LogP contribution is 2.33. The minimum atomic E-state index is -4.48. The molecule has 1 aromatic heterocycles. The first-order valence-corrected chi connectivity index (χ1v) is 20.6. The molecule has 0 spiro atoms. The molecule has 2 aromatic rings. The van der Waals surface area contributed by atoms with Crippen LogP contribution in [0.4, 0.5) is 18.9 Å². The maximum absolute atomic E-state index is 13.2. The van der Waals surface area contributed by atoms with E-state index in [0.717, 1.165) is 55.0 Å². The lowest BCUT2D eigenvalue weighted by atomic mass is 10.0. The monoisotopic (exact) mass is 777 g/mol. The Hall–Kier alpha value is -3.43. The molecule has 0 saturated heterocycles. The summed E-state index contributed by atoms with van der Waals surface area (Å²) in [4.78, 5) is 27.9. The summed E-state index contributed by atoms with van der Waals surface area (Å²) < 4.78 is 44.6. The van der Waals surface area contributed by atoms with Crippen LogP contribution < -0.4 is 5.32 Å². The zero-order chi connectivity index (χ0) is 41.7. The van der Waals surface area contributed by atoms with Gasteiger partial charge in [0.15, 0.2) is 0 Å². The van der Waals surface area contributed by atoms with Crippen molar-refractivity contribution in [1.29, 1.82) is 0 Å². The van der Waals surface area contributed by atoms with Gasteiger partial charge in [-0.25, -0.2) is 0 Å². The number of hydrogen-bond acceptors (Lipinski definition) is 4. The summed E-state index contributed by atoms with van der Waals surface area (Å²) in [5, 5.41) is 4.33. The molecule has 0 aliphatic carbocycles. The minimum absolute atomic E-state index is 0.0291. The Labute approximate surface area is 330 Å². The molecule has 9 heteroatoms. The van der Waals surface area contributed by atoms with Gasteiger partial charge in [0, 0.05) is 41.3 Å². The van der Waals surface area contributed by atoms with Crippen LogP contribution in [0.25, 0.3) is 0 Å². The summed E-state index contributed by atoms with van der Waals surface area (Å²) in [5.74, 6) is -0.461. The maximum atomic E-state index is 13.2. The van der Waals surface area contributed by atoms with Gasteiger partial charge in [0.25, 0.3) is 5.91 Å². The first kappa shape index (κ1) is 52.7. The molecule has 0 saturated carbocycles. The van der Waals surface area contributed by atoms with Gasteiger partial charge in [-0.05, 0) is 96.0 Å². The molecule has 2 heterocycles. The number of anilines is 1. The van der Waals surface area contributed by atoms with E-state index in [4.69, 9.17) is 4.74 Å². The average Bonchev–Trinajstić information content (AvgIpc) is 3.58. The number of aryl methyl sites for hydroxylation is 1. The molecule has 1 aromatic carbocycles. The van der Waals surface area contributed by atoms with E-state index in [-0.39, 0.29) is 11.6 Å². The number of halogens is 3. The number of hydrogen-bond donors (Lipinski definition) is 1. The number of carbonyl (C=O) groups excluding carboxylic acids is 2. The molecule has 0 radical (unpaired) electrons. The van der Waals surface area contributed by atoms with Crippen molar-refractivity contribution in [3.05, 3.63) is 97.8 Å². The number of carbonyl (C=O) groups is 2. The Morgan fingerprint density at radius 2 is 1.50 bits per heavy atom. The fourth-order valence-electron chi connectivity index (χ4n) is 4.52. The van der Waals surface area contributed by atoms with Crippen LogP contribution in [0.15, 0.2) is 70.7 Å². The van der Waals surface area contributed by atoms with E-state index in [1.807, 2.05) is 26.0 Å². The zero-order valence-electron chi connectivity index (χ0n) is 35.7. The quantitative estimate of drug-likeness (QED) is 0.140. The molecule has 2 amide bonds. The molecule has 1 aliphatic rings. The number of rotatable bonds is 11. The maximum Gasteiger partial charge on any atom is 0.416 e. The first-order valence-electron chi connectivity index (χ1n) is 19.7. The second-order valence-electron chi connectivity index (χ2n) is 13.0. The normalized spacial score (nSPS) is 12.9. The predicted octanol–water partition coefficient (Wildman–Crippen LogP) is 14.0. The van der Waals surface area contributed by atoms with E-state index in [9.17, 15) is 22.8 Å². The van der Waals surface area contributed by atoms with Crippen molar-refractivity contribution in [2.75, 3.05) is 25.1 Å². The van der Waals surface area contributed by atoms with E-state index in [2.05, 4.69) is 79.8 Å². The number of allylic oxidation sites excluding steroid dienone is 7. The number of fused-ring (bicyclic) bond motifs is 1. The van der Waals surface area contributed by atoms with E-state index in [1.54, 1.807) is 36.3 Å². The Morgan fingerprint density at radius 3 is 1.98 bits per heavy atom. The Kier molecular flexibility index (Phi) is 30.1. The molecule has 0 fully saturated rings. The fourth-order valence-corrected chi connectivity index (χ4v) is 5.61. The van der Waals surface area contributed by atoms with Crippen molar-refractivity contribution in [3.8, 4) is 0 Å². The van der Waals surface area contributed by atoms with Crippen molar-refractivity contribution in [2.45, 2.75) is 148 Å². The zero-order valence-corrected chi connectivity index (χ0v) is 36.5. The van der Waals surface area contributed by atoms with E-state index < -0.39 is 17.6 Å². The molecular weight excluding hydrogens is 706 g/mol. The van der Waals surface area contributed by atoms with Crippen LogP contribution in [-0.4, -0.2) is 36.5 Å². The van der Waals surface area contributed by atoms with Crippen LogP contribution in [0.5, 0.6) is 0 Å². The SMILES string of the molecule is C/C=C(\C)C(=O)N1CCc2c(C(=O)Nc3cc(CC)cc(C(F)(F)F)c3)csc2C1.C/C=C\C=C/C(C)=C(C)CC.CCC.CCC.CCCOCCC. The third-order valence-corrected chi connectivity index (χ3v) is 8.80. The second kappa shape index (κ2) is 30.8. The number of thiophene rings is 1. The van der Waals surface area contributed by atoms with Gasteiger partial charge >= 0.3 is 6.18 Å². The molecule has 1 N–H and O–H groups in total. The molecular formula is C45H71F3N2O3S. The number of nitrogens with one attached hydrogen (secondary N) is 1. The highest BCUT2D eigenvalue weighted by molar-refractivity contribution is 7.10. The molecule has 3 rings (SSSR count). The summed E-state index contributed by atoms with van der Waals surface area (Å²) in [6.07, 6.45) is 12.5. The summed E-state index contributed by atoms with van der Waals surface area (Å²) in [6, 6.07) is 3.61. The molecule has 0 bridgehead atoms. The van der Waals surface area contributed by atoms with Gasteiger partial charge in [-0.15, -0.1) is 11.3 Å². The van der Waals surface area contributed by atoms with Crippen LogP contribution >= 0.6 is 11.3 Å². The molecule has 54 heavy (non-hydrogen) atoms. The number of benzene rings is 1. The third-order valence-electron chi connectivity index (χ3n) is 7.79. The number of amides is 2. The van der Waals surface area contributed by atoms with Gasteiger partial charge in [0.2, 0.25) is 5.91 Å². The van der Waals surface area contributed by atoms with Crippen LogP contribution in [0.1, 0.15) is 154 Å². The molecule has 1 aliphatic heterocycles. The minimum Gasteiger partial charge on any atom is -0.381 e. The van der Waals surface area contributed by atoms with Gasteiger partial charge in [-0.1, -0.05) is 110 Å². The molecule has 0 atom stereocenters. The van der Waals surface area contributed by atoms with Gasteiger partial charge in [-0.3, -0.25) is 9.59 Å². The lowest BCUT2D eigenvalue weighted by molar-refractivity contribution is -0.137.